The highest BCUT2D eigenvalue weighted by molar-refractivity contribution is 5.63. The average molecular weight is 184 g/mol. The Morgan fingerprint density at radius 2 is 2.23 bits per heavy atom. The highest BCUT2D eigenvalue weighted by atomic mass is 16.5. The van der Waals surface area contributed by atoms with Gasteiger partial charge in [0, 0.05) is 19.1 Å². The highest BCUT2D eigenvalue weighted by Gasteiger charge is 2.42. The summed E-state index contributed by atoms with van der Waals surface area (Å²) < 4.78 is 10.9. The summed E-state index contributed by atoms with van der Waals surface area (Å²) in [7, 11) is 0. The number of aldehydes is 1. The molecule has 3 nitrogen and oxygen atoms in total. The Hall–Kier alpha value is -0.410. The van der Waals surface area contributed by atoms with Crippen LogP contribution in [0.15, 0.2) is 0 Å². The Kier molecular flexibility index (Phi) is 2.65. The van der Waals surface area contributed by atoms with Crippen LogP contribution in [-0.2, 0) is 14.3 Å². The predicted molar refractivity (Wildman–Crippen MR) is 47.5 cm³/mol. The molecule has 2 aliphatic heterocycles. The SMILES string of the molecule is O=CC1(C2CCOC2)CCCCO1. The van der Waals surface area contributed by atoms with E-state index in [4.69, 9.17) is 9.47 Å². The minimum atomic E-state index is -0.505. The molecule has 2 aliphatic rings. The first-order valence-corrected chi connectivity index (χ1v) is 5.05. The molecular formula is C10H16O3. The largest absolute Gasteiger partial charge is 0.381 e. The maximum absolute atomic E-state index is 11.1. The van der Waals surface area contributed by atoms with E-state index in [1.54, 1.807) is 0 Å². The van der Waals surface area contributed by atoms with Crippen LogP contribution in [0.25, 0.3) is 0 Å². The topological polar surface area (TPSA) is 35.5 Å². The van der Waals surface area contributed by atoms with Crippen LogP contribution in [0.4, 0.5) is 0 Å². The van der Waals surface area contributed by atoms with Gasteiger partial charge in [0.1, 0.15) is 5.60 Å². The van der Waals surface area contributed by atoms with E-state index in [1.807, 2.05) is 0 Å². The smallest absolute Gasteiger partial charge is 0.152 e. The second-order valence-corrected chi connectivity index (χ2v) is 3.94. The van der Waals surface area contributed by atoms with E-state index >= 15 is 0 Å². The molecule has 0 aliphatic carbocycles. The molecule has 0 aromatic rings. The molecule has 2 fully saturated rings. The van der Waals surface area contributed by atoms with Crippen LogP contribution in [-0.4, -0.2) is 31.7 Å². The Bertz CT molecular complexity index is 179. The summed E-state index contributed by atoms with van der Waals surface area (Å²) in [5.74, 6) is 0.297. The quantitative estimate of drug-likeness (QED) is 0.604. The number of carbonyl (C=O) groups excluding carboxylic acids is 1. The van der Waals surface area contributed by atoms with E-state index in [-0.39, 0.29) is 0 Å². The van der Waals surface area contributed by atoms with Crippen molar-refractivity contribution in [1.29, 1.82) is 0 Å². The molecule has 0 radical (unpaired) electrons. The normalized spacial score (nSPS) is 40.5. The molecule has 2 unspecified atom stereocenters. The van der Waals surface area contributed by atoms with Crippen molar-refractivity contribution in [2.45, 2.75) is 31.3 Å². The fourth-order valence-electron chi connectivity index (χ4n) is 2.27. The van der Waals surface area contributed by atoms with Crippen LogP contribution in [0.2, 0.25) is 0 Å². The minimum Gasteiger partial charge on any atom is -0.381 e. The fraction of sp³-hybridized carbons (Fsp3) is 0.900. The van der Waals surface area contributed by atoms with Crippen LogP contribution in [0, 0.1) is 5.92 Å². The average Bonchev–Trinajstić information content (AvgIpc) is 2.72. The summed E-state index contributed by atoms with van der Waals surface area (Å²) in [6.45, 7) is 2.21. The number of hydrogen-bond acceptors (Lipinski definition) is 3. The van der Waals surface area contributed by atoms with Crippen LogP contribution in [0.1, 0.15) is 25.7 Å². The minimum absolute atomic E-state index is 0.297. The first kappa shape index (κ1) is 9.16. The Morgan fingerprint density at radius 1 is 1.31 bits per heavy atom. The van der Waals surface area contributed by atoms with Gasteiger partial charge >= 0.3 is 0 Å². The zero-order chi connectivity index (χ0) is 9.15. The fourth-order valence-corrected chi connectivity index (χ4v) is 2.27. The van der Waals surface area contributed by atoms with Gasteiger partial charge in [0.15, 0.2) is 6.29 Å². The molecule has 0 saturated carbocycles. The third kappa shape index (κ3) is 1.63. The van der Waals surface area contributed by atoms with Gasteiger partial charge in [-0.3, -0.25) is 0 Å². The monoisotopic (exact) mass is 184 g/mol. The van der Waals surface area contributed by atoms with Crippen molar-refractivity contribution in [2.24, 2.45) is 5.92 Å². The highest BCUT2D eigenvalue weighted by Crippen LogP contribution is 2.35. The van der Waals surface area contributed by atoms with Crippen molar-refractivity contribution in [3.63, 3.8) is 0 Å². The standard InChI is InChI=1S/C10H16O3/c11-8-10(4-1-2-5-13-10)9-3-6-12-7-9/h8-9H,1-7H2. The van der Waals surface area contributed by atoms with E-state index in [0.717, 1.165) is 45.2 Å². The third-order valence-corrected chi connectivity index (χ3v) is 3.15. The lowest BCUT2D eigenvalue weighted by Crippen LogP contribution is -2.45. The molecule has 2 atom stereocenters. The molecule has 0 N–H and O–H groups in total. The number of carbonyl (C=O) groups is 1. The Morgan fingerprint density at radius 3 is 2.77 bits per heavy atom. The molecular weight excluding hydrogens is 168 g/mol. The van der Waals surface area contributed by atoms with Gasteiger partial charge in [-0.05, 0) is 25.7 Å². The lowest BCUT2D eigenvalue weighted by molar-refractivity contribution is -0.148. The first-order valence-electron chi connectivity index (χ1n) is 5.05. The van der Waals surface area contributed by atoms with Gasteiger partial charge in [0.25, 0.3) is 0 Å². The maximum Gasteiger partial charge on any atom is 0.152 e. The molecule has 0 aromatic carbocycles. The Balaban J connectivity index is 2.07. The number of rotatable bonds is 2. The molecule has 13 heavy (non-hydrogen) atoms. The van der Waals surface area contributed by atoms with Crippen molar-refractivity contribution >= 4 is 6.29 Å². The summed E-state index contributed by atoms with van der Waals surface area (Å²) in [6.07, 6.45) is 5.05. The van der Waals surface area contributed by atoms with E-state index in [0.29, 0.717) is 12.5 Å². The van der Waals surface area contributed by atoms with Crippen molar-refractivity contribution < 1.29 is 14.3 Å². The van der Waals surface area contributed by atoms with E-state index in [2.05, 4.69) is 0 Å². The molecule has 0 bridgehead atoms. The predicted octanol–water partition coefficient (Wildman–Crippen LogP) is 1.16. The summed E-state index contributed by atoms with van der Waals surface area (Å²) in [6, 6.07) is 0. The molecule has 0 amide bonds. The van der Waals surface area contributed by atoms with Gasteiger partial charge in [-0.25, -0.2) is 0 Å². The second kappa shape index (κ2) is 3.76. The number of ether oxygens (including phenoxy) is 2. The van der Waals surface area contributed by atoms with Gasteiger partial charge in [-0.1, -0.05) is 0 Å². The van der Waals surface area contributed by atoms with Crippen molar-refractivity contribution in [2.75, 3.05) is 19.8 Å². The second-order valence-electron chi connectivity index (χ2n) is 3.94. The summed E-state index contributed by atoms with van der Waals surface area (Å²) in [5.41, 5.74) is -0.505. The van der Waals surface area contributed by atoms with Crippen molar-refractivity contribution in [1.82, 2.24) is 0 Å². The van der Waals surface area contributed by atoms with Gasteiger partial charge in [0.2, 0.25) is 0 Å². The van der Waals surface area contributed by atoms with Crippen molar-refractivity contribution in [3.05, 3.63) is 0 Å². The number of hydrogen-bond donors (Lipinski definition) is 0. The van der Waals surface area contributed by atoms with E-state index < -0.39 is 5.60 Å². The third-order valence-electron chi connectivity index (χ3n) is 3.15. The van der Waals surface area contributed by atoms with Crippen LogP contribution in [0.3, 0.4) is 0 Å². The zero-order valence-corrected chi connectivity index (χ0v) is 7.83. The van der Waals surface area contributed by atoms with Crippen molar-refractivity contribution in [3.8, 4) is 0 Å². The van der Waals surface area contributed by atoms with Gasteiger partial charge < -0.3 is 14.3 Å². The molecule has 2 heterocycles. The summed E-state index contributed by atoms with van der Waals surface area (Å²) in [5, 5.41) is 0. The zero-order valence-electron chi connectivity index (χ0n) is 7.83. The Labute approximate surface area is 78.4 Å². The van der Waals surface area contributed by atoms with Gasteiger partial charge in [-0.15, -0.1) is 0 Å². The lowest BCUT2D eigenvalue weighted by Gasteiger charge is -2.36. The molecule has 2 rings (SSSR count). The van der Waals surface area contributed by atoms with Crippen LogP contribution >= 0.6 is 0 Å². The summed E-state index contributed by atoms with van der Waals surface area (Å²) in [4.78, 5) is 11.1. The first-order chi connectivity index (χ1) is 6.37. The molecule has 0 spiro atoms. The maximum atomic E-state index is 11.1. The van der Waals surface area contributed by atoms with Crippen LogP contribution in [0.5, 0.6) is 0 Å². The van der Waals surface area contributed by atoms with E-state index in [9.17, 15) is 4.79 Å². The molecule has 0 aromatic heterocycles. The van der Waals surface area contributed by atoms with E-state index in [1.165, 1.54) is 0 Å². The molecule has 74 valence electrons. The van der Waals surface area contributed by atoms with Crippen LogP contribution < -0.4 is 0 Å². The van der Waals surface area contributed by atoms with Gasteiger partial charge in [-0.2, -0.15) is 0 Å². The van der Waals surface area contributed by atoms with Gasteiger partial charge in [0.05, 0.1) is 6.61 Å². The molecule has 2 saturated heterocycles. The molecule has 3 heteroatoms. The summed E-state index contributed by atoms with van der Waals surface area (Å²) >= 11 is 0. The lowest BCUT2D eigenvalue weighted by atomic mass is 9.82.